The van der Waals surface area contributed by atoms with Crippen LogP contribution in [0, 0.1) is 0 Å². The number of carbonyl (C=O) groups excluding carboxylic acids is 1. The third-order valence-electron chi connectivity index (χ3n) is 2.75. The highest BCUT2D eigenvalue weighted by molar-refractivity contribution is 5.94. The minimum Gasteiger partial charge on any atom is -0.494 e. The normalized spacial score (nSPS) is 12.0. The first-order valence-corrected chi connectivity index (χ1v) is 6.71. The van der Waals surface area contributed by atoms with Gasteiger partial charge >= 0.3 is 0 Å². The summed E-state index contributed by atoms with van der Waals surface area (Å²) in [6, 6.07) is 7.11. The molecule has 0 saturated carbocycles. The molecule has 0 bridgehead atoms. The molecule has 106 valence electrons. The molecule has 0 heterocycles. The zero-order valence-electron chi connectivity index (χ0n) is 11.9. The lowest BCUT2D eigenvalue weighted by Crippen LogP contribution is -2.32. The molecule has 19 heavy (non-hydrogen) atoms. The number of nitrogens with zero attached hydrogens (tertiary/aromatic N) is 1. The van der Waals surface area contributed by atoms with E-state index in [1.807, 2.05) is 0 Å². The molecule has 1 aromatic carbocycles. The molecule has 1 unspecified atom stereocenters. The molecule has 0 radical (unpaired) electrons. The van der Waals surface area contributed by atoms with E-state index < -0.39 is 6.10 Å². The lowest BCUT2D eigenvalue weighted by Gasteiger charge is -2.18. The fourth-order valence-electron chi connectivity index (χ4n) is 1.73. The van der Waals surface area contributed by atoms with Crippen LogP contribution >= 0.6 is 0 Å². The fourth-order valence-corrected chi connectivity index (χ4v) is 1.73. The maximum Gasteiger partial charge on any atom is 0.253 e. The second-order valence-corrected chi connectivity index (χ2v) is 4.76. The Hall–Kier alpha value is -1.55. The van der Waals surface area contributed by atoms with Crippen LogP contribution in [0.4, 0.5) is 0 Å². The molecule has 1 aromatic rings. The standard InChI is InChI=1S/C15H23NO3/c1-4-5-10-19-14-8-6-13(7-9-14)15(18)16(3)11-12(2)17/h6-9,12,17H,4-5,10-11H2,1-3H3. The van der Waals surface area contributed by atoms with Crippen LogP contribution < -0.4 is 4.74 Å². The third-order valence-corrected chi connectivity index (χ3v) is 2.75. The molecular formula is C15H23NO3. The number of aliphatic hydroxyl groups excluding tert-OH is 1. The second-order valence-electron chi connectivity index (χ2n) is 4.76. The summed E-state index contributed by atoms with van der Waals surface area (Å²) in [5.41, 5.74) is 0.603. The van der Waals surface area contributed by atoms with Gasteiger partial charge in [0.15, 0.2) is 0 Å². The largest absolute Gasteiger partial charge is 0.494 e. The summed E-state index contributed by atoms with van der Waals surface area (Å²) in [5.74, 6) is 0.684. The van der Waals surface area contributed by atoms with Gasteiger partial charge in [0.05, 0.1) is 12.7 Å². The number of likely N-dealkylation sites (N-methyl/N-ethyl adjacent to an activating group) is 1. The van der Waals surface area contributed by atoms with Gasteiger partial charge in [-0.2, -0.15) is 0 Å². The van der Waals surface area contributed by atoms with Gasteiger partial charge in [-0.1, -0.05) is 13.3 Å². The molecule has 1 rings (SSSR count). The number of ether oxygens (including phenoxy) is 1. The molecule has 0 spiro atoms. The van der Waals surface area contributed by atoms with Gasteiger partial charge in [-0.25, -0.2) is 0 Å². The lowest BCUT2D eigenvalue weighted by atomic mass is 10.2. The summed E-state index contributed by atoms with van der Waals surface area (Å²) < 4.78 is 5.54. The Morgan fingerprint density at radius 1 is 1.37 bits per heavy atom. The highest BCUT2D eigenvalue weighted by atomic mass is 16.5. The number of hydrogen-bond acceptors (Lipinski definition) is 3. The number of hydrogen-bond donors (Lipinski definition) is 1. The average molecular weight is 265 g/mol. The SMILES string of the molecule is CCCCOc1ccc(C(=O)N(C)CC(C)O)cc1. The minimum atomic E-state index is -0.523. The van der Waals surface area contributed by atoms with Crippen molar-refractivity contribution in [3.05, 3.63) is 29.8 Å². The van der Waals surface area contributed by atoms with E-state index in [1.54, 1.807) is 38.2 Å². The fraction of sp³-hybridized carbons (Fsp3) is 0.533. The molecule has 4 heteroatoms. The smallest absolute Gasteiger partial charge is 0.253 e. The number of benzene rings is 1. The van der Waals surface area contributed by atoms with E-state index in [1.165, 1.54) is 4.90 Å². The van der Waals surface area contributed by atoms with Crippen molar-refractivity contribution in [1.82, 2.24) is 4.90 Å². The Morgan fingerprint density at radius 2 is 2.00 bits per heavy atom. The van der Waals surface area contributed by atoms with Crippen LogP contribution in [0.15, 0.2) is 24.3 Å². The first kappa shape index (κ1) is 15.5. The Bertz CT molecular complexity index is 387. The van der Waals surface area contributed by atoms with Crippen LogP contribution in [0.1, 0.15) is 37.0 Å². The molecule has 1 atom stereocenters. The molecule has 0 aliphatic rings. The van der Waals surface area contributed by atoms with E-state index in [4.69, 9.17) is 4.74 Å². The number of carbonyl (C=O) groups is 1. The van der Waals surface area contributed by atoms with Crippen molar-refractivity contribution in [2.24, 2.45) is 0 Å². The highest BCUT2D eigenvalue weighted by Crippen LogP contribution is 2.14. The Labute approximate surface area is 115 Å². The summed E-state index contributed by atoms with van der Waals surface area (Å²) in [6.45, 7) is 4.80. The van der Waals surface area contributed by atoms with Gasteiger partial charge in [0.2, 0.25) is 0 Å². The lowest BCUT2D eigenvalue weighted by molar-refractivity contribution is 0.0703. The van der Waals surface area contributed by atoms with Crippen molar-refractivity contribution in [2.75, 3.05) is 20.2 Å². The molecule has 1 N–H and O–H groups in total. The van der Waals surface area contributed by atoms with E-state index in [-0.39, 0.29) is 5.91 Å². The molecular weight excluding hydrogens is 242 g/mol. The van der Waals surface area contributed by atoms with Gasteiger partial charge in [0.1, 0.15) is 5.75 Å². The van der Waals surface area contributed by atoms with E-state index in [9.17, 15) is 9.90 Å². The summed E-state index contributed by atoms with van der Waals surface area (Å²) in [6.07, 6.45) is 1.60. The summed E-state index contributed by atoms with van der Waals surface area (Å²) >= 11 is 0. The Balaban J connectivity index is 2.57. The van der Waals surface area contributed by atoms with Crippen LogP contribution in [0.2, 0.25) is 0 Å². The predicted molar refractivity (Wildman–Crippen MR) is 75.5 cm³/mol. The van der Waals surface area contributed by atoms with E-state index in [0.717, 1.165) is 18.6 Å². The highest BCUT2D eigenvalue weighted by Gasteiger charge is 2.13. The number of rotatable bonds is 7. The molecule has 0 fully saturated rings. The van der Waals surface area contributed by atoms with E-state index in [0.29, 0.717) is 18.7 Å². The van der Waals surface area contributed by atoms with E-state index >= 15 is 0 Å². The summed E-state index contributed by atoms with van der Waals surface area (Å²) in [7, 11) is 1.68. The quantitative estimate of drug-likeness (QED) is 0.770. The van der Waals surface area contributed by atoms with Crippen molar-refractivity contribution >= 4 is 5.91 Å². The molecule has 0 aliphatic carbocycles. The van der Waals surface area contributed by atoms with Crippen molar-refractivity contribution in [1.29, 1.82) is 0 Å². The maximum atomic E-state index is 12.0. The number of aliphatic hydroxyl groups is 1. The predicted octanol–water partition coefficient (Wildman–Crippen LogP) is 2.32. The van der Waals surface area contributed by atoms with Crippen LogP contribution in [0.5, 0.6) is 5.75 Å². The van der Waals surface area contributed by atoms with Gasteiger partial charge in [0.25, 0.3) is 5.91 Å². The van der Waals surface area contributed by atoms with Gasteiger partial charge in [0, 0.05) is 19.2 Å². The molecule has 4 nitrogen and oxygen atoms in total. The van der Waals surface area contributed by atoms with Crippen molar-refractivity contribution < 1.29 is 14.6 Å². The number of unbranched alkanes of at least 4 members (excludes halogenated alkanes) is 1. The summed E-state index contributed by atoms with van der Waals surface area (Å²) in [5, 5.41) is 9.27. The van der Waals surface area contributed by atoms with E-state index in [2.05, 4.69) is 6.92 Å². The third kappa shape index (κ3) is 5.30. The molecule has 1 amide bonds. The summed E-state index contributed by atoms with van der Waals surface area (Å²) in [4.78, 5) is 13.5. The average Bonchev–Trinajstić information content (AvgIpc) is 2.38. The van der Waals surface area contributed by atoms with Crippen molar-refractivity contribution in [3.63, 3.8) is 0 Å². The molecule has 0 aromatic heterocycles. The molecule has 0 aliphatic heterocycles. The first-order chi connectivity index (χ1) is 9.04. The van der Waals surface area contributed by atoms with Crippen LogP contribution in [-0.4, -0.2) is 42.2 Å². The minimum absolute atomic E-state index is 0.0963. The zero-order valence-corrected chi connectivity index (χ0v) is 11.9. The topological polar surface area (TPSA) is 49.8 Å². The second kappa shape index (κ2) is 7.79. The van der Waals surface area contributed by atoms with Gasteiger partial charge < -0.3 is 14.7 Å². The number of amides is 1. The van der Waals surface area contributed by atoms with Crippen molar-refractivity contribution in [3.8, 4) is 5.75 Å². The van der Waals surface area contributed by atoms with Gasteiger partial charge in [-0.3, -0.25) is 4.79 Å². The monoisotopic (exact) mass is 265 g/mol. The van der Waals surface area contributed by atoms with Crippen molar-refractivity contribution in [2.45, 2.75) is 32.8 Å². The van der Waals surface area contributed by atoms with Crippen LogP contribution in [0.25, 0.3) is 0 Å². The first-order valence-electron chi connectivity index (χ1n) is 6.71. The zero-order chi connectivity index (χ0) is 14.3. The van der Waals surface area contributed by atoms with Gasteiger partial charge in [-0.15, -0.1) is 0 Å². The Morgan fingerprint density at radius 3 is 2.53 bits per heavy atom. The van der Waals surface area contributed by atoms with Gasteiger partial charge in [-0.05, 0) is 37.6 Å². The van der Waals surface area contributed by atoms with Crippen LogP contribution in [0.3, 0.4) is 0 Å². The van der Waals surface area contributed by atoms with Crippen LogP contribution in [-0.2, 0) is 0 Å². The maximum absolute atomic E-state index is 12.0. The molecule has 0 saturated heterocycles. The Kier molecular flexibility index (Phi) is 6.36.